The third kappa shape index (κ3) is 5.09. The number of hydrogen-bond acceptors (Lipinski definition) is 3. The van der Waals surface area contributed by atoms with Gasteiger partial charge in [-0.2, -0.15) is 0 Å². The minimum Gasteiger partial charge on any atom is -0.381 e. The number of rotatable bonds is 4. The molecule has 24 heavy (non-hydrogen) atoms. The van der Waals surface area contributed by atoms with Crippen LogP contribution in [0.2, 0.25) is 0 Å². The fourth-order valence-electron chi connectivity index (χ4n) is 4.49. The molecule has 0 aromatic carbocycles. The van der Waals surface area contributed by atoms with E-state index in [1.807, 2.05) is 4.90 Å². The number of urea groups is 1. The minimum absolute atomic E-state index is 0.165. The van der Waals surface area contributed by atoms with Crippen molar-refractivity contribution in [2.45, 2.75) is 82.8 Å². The Morgan fingerprint density at radius 3 is 2.29 bits per heavy atom. The van der Waals surface area contributed by atoms with Gasteiger partial charge in [0, 0.05) is 44.4 Å². The quantitative estimate of drug-likeness (QED) is 0.829. The molecule has 2 N–H and O–H groups in total. The van der Waals surface area contributed by atoms with E-state index >= 15 is 0 Å². The van der Waals surface area contributed by atoms with E-state index in [0.29, 0.717) is 18.1 Å². The highest BCUT2D eigenvalue weighted by atomic mass is 16.5. The van der Waals surface area contributed by atoms with Crippen molar-refractivity contribution in [3.05, 3.63) is 0 Å². The summed E-state index contributed by atoms with van der Waals surface area (Å²) in [7, 11) is 0. The summed E-state index contributed by atoms with van der Waals surface area (Å²) in [6.07, 6.45) is 10.7. The van der Waals surface area contributed by atoms with Gasteiger partial charge in [0.25, 0.3) is 0 Å². The van der Waals surface area contributed by atoms with Crippen molar-refractivity contribution in [1.29, 1.82) is 0 Å². The zero-order valence-corrected chi connectivity index (χ0v) is 15.3. The summed E-state index contributed by atoms with van der Waals surface area (Å²) in [4.78, 5) is 14.4. The molecule has 5 nitrogen and oxygen atoms in total. The van der Waals surface area contributed by atoms with Gasteiger partial charge in [0.2, 0.25) is 0 Å². The molecule has 138 valence electrons. The van der Waals surface area contributed by atoms with Gasteiger partial charge in [-0.25, -0.2) is 4.79 Å². The minimum atomic E-state index is 0.165. The summed E-state index contributed by atoms with van der Waals surface area (Å²) >= 11 is 0. The van der Waals surface area contributed by atoms with Crippen LogP contribution in [0.25, 0.3) is 0 Å². The number of amides is 2. The fourth-order valence-corrected chi connectivity index (χ4v) is 4.49. The first-order chi connectivity index (χ1) is 11.7. The van der Waals surface area contributed by atoms with Crippen molar-refractivity contribution in [3.8, 4) is 0 Å². The molecule has 2 heterocycles. The third-order valence-corrected chi connectivity index (χ3v) is 6.19. The van der Waals surface area contributed by atoms with Gasteiger partial charge in [0.15, 0.2) is 0 Å². The van der Waals surface area contributed by atoms with Crippen LogP contribution in [0.5, 0.6) is 0 Å². The maximum Gasteiger partial charge on any atom is 0.317 e. The molecule has 1 atom stereocenters. The maximum absolute atomic E-state index is 12.4. The Kier molecular flexibility index (Phi) is 6.78. The predicted molar refractivity (Wildman–Crippen MR) is 96.1 cm³/mol. The number of nitrogens with zero attached hydrogens (tertiary/aromatic N) is 1. The lowest BCUT2D eigenvalue weighted by atomic mass is 9.91. The summed E-state index contributed by atoms with van der Waals surface area (Å²) in [5, 5.41) is 7.06. The molecule has 0 radical (unpaired) electrons. The van der Waals surface area contributed by atoms with Gasteiger partial charge >= 0.3 is 6.03 Å². The summed E-state index contributed by atoms with van der Waals surface area (Å²) < 4.78 is 5.46. The van der Waals surface area contributed by atoms with E-state index in [9.17, 15) is 4.79 Å². The second kappa shape index (κ2) is 9.04. The standard InChI is InChI=1S/C19H35N3O2/c1-15(16-9-13-24-14-10-16)20-18-7-11-22(12-8-18)19(23)21-17-5-3-2-4-6-17/h15-18,20H,2-14H2,1H3,(H,21,23)/t15-/m1/s1. The van der Waals surface area contributed by atoms with Crippen LogP contribution in [0.4, 0.5) is 4.79 Å². The Hall–Kier alpha value is -0.810. The third-order valence-electron chi connectivity index (χ3n) is 6.19. The van der Waals surface area contributed by atoms with Crippen LogP contribution in [-0.4, -0.2) is 55.4 Å². The van der Waals surface area contributed by atoms with Gasteiger partial charge < -0.3 is 20.3 Å². The number of nitrogens with one attached hydrogen (secondary N) is 2. The van der Waals surface area contributed by atoms with Gasteiger partial charge in [-0.05, 0) is 51.4 Å². The highest BCUT2D eigenvalue weighted by molar-refractivity contribution is 5.74. The van der Waals surface area contributed by atoms with Crippen LogP contribution < -0.4 is 10.6 Å². The number of hydrogen-bond donors (Lipinski definition) is 2. The molecule has 2 saturated heterocycles. The van der Waals surface area contributed by atoms with Gasteiger partial charge in [-0.15, -0.1) is 0 Å². The summed E-state index contributed by atoms with van der Waals surface area (Å²) in [6, 6.07) is 1.69. The SMILES string of the molecule is C[C@@H](NC1CCN(C(=O)NC2CCCCC2)CC1)C1CCOCC1. The van der Waals surface area contributed by atoms with Crippen molar-refractivity contribution < 1.29 is 9.53 Å². The largest absolute Gasteiger partial charge is 0.381 e. The van der Waals surface area contributed by atoms with Crippen molar-refractivity contribution in [3.63, 3.8) is 0 Å². The molecule has 5 heteroatoms. The van der Waals surface area contributed by atoms with E-state index in [0.717, 1.165) is 57.9 Å². The Morgan fingerprint density at radius 2 is 1.62 bits per heavy atom. The lowest BCUT2D eigenvalue weighted by molar-refractivity contribution is 0.0529. The molecule has 1 saturated carbocycles. The molecule has 0 bridgehead atoms. The van der Waals surface area contributed by atoms with E-state index in [-0.39, 0.29) is 6.03 Å². The molecule has 3 rings (SSSR count). The number of carbonyl (C=O) groups is 1. The molecule has 2 aliphatic heterocycles. The van der Waals surface area contributed by atoms with Crippen LogP contribution in [0, 0.1) is 5.92 Å². The molecule has 0 spiro atoms. The Bertz CT molecular complexity index is 384. The topological polar surface area (TPSA) is 53.6 Å². The maximum atomic E-state index is 12.4. The van der Waals surface area contributed by atoms with Crippen molar-refractivity contribution in [2.24, 2.45) is 5.92 Å². The van der Waals surface area contributed by atoms with Crippen LogP contribution in [-0.2, 0) is 4.74 Å². The van der Waals surface area contributed by atoms with Gasteiger partial charge in [0.1, 0.15) is 0 Å². The number of piperidine rings is 1. The summed E-state index contributed by atoms with van der Waals surface area (Å²) in [5.74, 6) is 0.742. The second-order valence-corrected chi connectivity index (χ2v) is 7.95. The normalized spacial score (nSPS) is 26.3. The number of carbonyl (C=O) groups excluding carboxylic acids is 1. The lowest BCUT2D eigenvalue weighted by Gasteiger charge is -2.37. The van der Waals surface area contributed by atoms with Crippen LogP contribution >= 0.6 is 0 Å². The van der Waals surface area contributed by atoms with Crippen molar-refractivity contribution >= 4 is 6.03 Å². The zero-order chi connectivity index (χ0) is 16.8. The molecule has 2 amide bonds. The highest BCUT2D eigenvalue weighted by Crippen LogP contribution is 2.21. The van der Waals surface area contributed by atoms with Crippen molar-refractivity contribution in [2.75, 3.05) is 26.3 Å². The molecule has 0 aromatic heterocycles. The predicted octanol–water partition coefficient (Wildman–Crippen LogP) is 2.90. The Morgan fingerprint density at radius 1 is 0.958 bits per heavy atom. The Balaban J connectivity index is 1.36. The summed E-state index contributed by atoms with van der Waals surface area (Å²) in [5.41, 5.74) is 0. The van der Waals surface area contributed by atoms with Crippen LogP contribution in [0.3, 0.4) is 0 Å². The van der Waals surface area contributed by atoms with E-state index in [1.165, 1.54) is 32.1 Å². The highest BCUT2D eigenvalue weighted by Gasteiger charge is 2.27. The molecule has 0 aromatic rings. The summed E-state index contributed by atoms with van der Waals surface area (Å²) in [6.45, 7) is 5.92. The first kappa shape index (κ1) is 18.0. The smallest absolute Gasteiger partial charge is 0.317 e. The second-order valence-electron chi connectivity index (χ2n) is 7.95. The van der Waals surface area contributed by atoms with Crippen LogP contribution in [0.15, 0.2) is 0 Å². The Labute approximate surface area is 146 Å². The van der Waals surface area contributed by atoms with Crippen molar-refractivity contribution in [1.82, 2.24) is 15.5 Å². The van der Waals surface area contributed by atoms with E-state index in [1.54, 1.807) is 0 Å². The van der Waals surface area contributed by atoms with Crippen LogP contribution in [0.1, 0.15) is 64.7 Å². The van der Waals surface area contributed by atoms with Gasteiger partial charge in [-0.1, -0.05) is 19.3 Å². The zero-order valence-electron chi connectivity index (χ0n) is 15.3. The average molecular weight is 338 g/mol. The first-order valence-electron chi connectivity index (χ1n) is 10.1. The number of likely N-dealkylation sites (tertiary alicyclic amines) is 1. The van der Waals surface area contributed by atoms with Gasteiger partial charge in [-0.3, -0.25) is 0 Å². The number of ether oxygens (including phenoxy) is 1. The first-order valence-corrected chi connectivity index (χ1v) is 10.1. The van der Waals surface area contributed by atoms with Gasteiger partial charge in [0.05, 0.1) is 0 Å². The van der Waals surface area contributed by atoms with E-state index < -0.39 is 0 Å². The molecular weight excluding hydrogens is 302 g/mol. The van der Waals surface area contributed by atoms with E-state index in [4.69, 9.17) is 4.74 Å². The van der Waals surface area contributed by atoms with E-state index in [2.05, 4.69) is 17.6 Å². The molecule has 3 aliphatic rings. The molecule has 3 fully saturated rings. The monoisotopic (exact) mass is 337 g/mol. The molecule has 0 unspecified atom stereocenters. The lowest BCUT2D eigenvalue weighted by Crippen LogP contribution is -2.52. The molecular formula is C19H35N3O2. The fraction of sp³-hybridized carbons (Fsp3) is 0.947. The average Bonchev–Trinajstić information content (AvgIpc) is 2.64. The molecule has 1 aliphatic carbocycles.